The fourth-order valence-corrected chi connectivity index (χ4v) is 5.20. The largest absolute Gasteiger partial charge is 0.495 e. The van der Waals surface area contributed by atoms with Crippen molar-refractivity contribution < 1.29 is 9.13 Å². The van der Waals surface area contributed by atoms with Gasteiger partial charge in [-0.3, -0.25) is 4.90 Å². The molecule has 1 aliphatic heterocycles. The second-order valence-corrected chi connectivity index (χ2v) is 9.16. The summed E-state index contributed by atoms with van der Waals surface area (Å²) < 4.78 is 19.5. The molecule has 0 aliphatic carbocycles. The topological polar surface area (TPSA) is 39.5 Å². The van der Waals surface area contributed by atoms with Gasteiger partial charge < -0.3 is 9.64 Å². The molecule has 1 aliphatic rings. The van der Waals surface area contributed by atoms with Gasteiger partial charge in [0.15, 0.2) is 0 Å². The molecule has 172 valence electrons. The highest BCUT2D eigenvalue weighted by Gasteiger charge is 2.37. The minimum atomic E-state index is -0.196. The number of rotatable bonds is 7. The number of fused-ring (bicyclic) bond motifs is 1. The number of piperidine rings is 1. The Labute approximate surface area is 196 Å². The Balaban J connectivity index is 1.72. The zero-order valence-corrected chi connectivity index (χ0v) is 19.8. The van der Waals surface area contributed by atoms with Crippen molar-refractivity contribution in [1.82, 2.24) is 9.80 Å². The van der Waals surface area contributed by atoms with E-state index in [1.165, 1.54) is 5.56 Å². The van der Waals surface area contributed by atoms with E-state index in [9.17, 15) is 9.65 Å². The van der Waals surface area contributed by atoms with E-state index in [1.807, 2.05) is 36.4 Å². The van der Waals surface area contributed by atoms with Crippen molar-refractivity contribution in [3.8, 4) is 11.8 Å². The first-order valence-electron chi connectivity index (χ1n) is 11.7. The summed E-state index contributed by atoms with van der Waals surface area (Å²) in [6.07, 6.45) is 2.06. The van der Waals surface area contributed by atoms with Crippen molar-refractivity contribution in [1.29, 1.82) is 5.26 Å². The molecule has 3 aromatic rings. The third kappa shape index (κ3) is 4.73. The van der Waals surface area contributed by atoms with Crippen LogP contribution in [0.15, 0.2) is 54.6 Å². The molecule has 5 heteroatoms. The van der Waals surface area contributed by atoms with E-state index >= 15 is 0 Å². The van der Waals surface area contributed by atoms with Gasteiger partial charge >= 0.3 is 0 Å². The molecule has 0 spiro atoms. The van der Waals surface area contributed by atoms with Crippen LogP contribution in [0.3, 0.4) is 0 Å². The number of ether oxygens (including phenoxy) is 1. The zero-order valence-electron chi connectivity index (χ0n) is 19.8. The van der Waals surface area contributed by atoms with Gasteiger partial charge in [-0.25, -0.2) is 4.39 Å². The highest BCUT2D eigenvalue weighted by atomic mass is 19.1. The van der Waals surface area contributed by atoms with Gasteiger partial charge in [-0.2, -0.15) is 5.26 Å². The molecule has 0 unspecified atom stereocenters. The number of methoxy groups -OCH3 is 1. The number of likely N-dealkylation sites (N-methyl/N-ethyl adjacent to an activating group) is 1. The SMILES string of the molecule is CCN(Cc1c(OC)c(C#N)cc2ccccc12)CC1(c2ccc(F)cc2)CCN(C)CC1. The van der Waals surface area contributed by atoms with E-state index in [0.717, 1.165) is 55.4 Å². The summed E-state index contributed by atoms with van der Waals surface area (Å²) in [6, 6.07) is 19.5. The number of likely N-dealkylation sites (tertiary alicyclic amines) is 1. The Morgan fingerprint density at radius 1 is 1.12 bits per heavy atom. The zero-order chi connectivity index (χ0) is 23.4. The second kappa shape index (κ2) is 9.91. The average molecular weight is 446 g/mol. The summed E-state index contributed by atoms with van der Waals surface area (Å²) in [5, 5.41) is 11.9. The van der Waals surface area contributed by atoms with Crippen LogP contribution in [0.2, 0.25) is 0 Å². The van der Waals surface area contributed by atoms with Crippen LogP contribution in [0.1, 0.15) is 36.5 Å². The standard InChI is InChI=1S/C28H32FN3O/c1-4-32(19-26-25-8-6-5-7-21(25)17-22(18-30)27(26)33-3)20-28(13-15-31(2)16-14-28)23-9-11-24(29)12-10-23/h5-12,17H,4,13-16,19-20H2,1-3H3. The van der Waals surface area contributed by atoms with Gasteiger partial charge in [0.2, 0.25) is 0 Å². The van der Waals surface area contributed by atoms with Crippen molar-refractivity contribution in [2.24, 2.45) is 0 Å². The maximum Gasteiger partial charge on any atom is 0.141 e. The lowest BCUT2D eigenvalue weighted by Crippen LogP contribution is -2.48. The first-order chi connectivity index (χ1) is 16.0. The van der Waals surface area contributed by atoms with Gasteiger partial charge in [0.25, 0.3) is 0 Å². The number of halogens is 1. The van der Waals surface area contributed by atoms with E-state index in [-0.39, 0.29) is 11.2 Å². The molecular formula is C28H32FN3O. The minimum Gasteiger partial charge on any atom is -0.495 e. The highest BCUT2D eigenvalue weighted by molar-refractivity contribution is 5.89. The van der Waals surface area contributed by atoms with Gasteiger partial charge in [-0.15, -0.1) is 0 Å². The molecule has 0 bridgehead atoms. The van der Waals surface area contributed by atoms with Gasteiger partial charge in [-0.1, -0.05) is 43.3 Å². The Kier molecular flexibility index (Phi) is 6.97. The van der Waals surface area contributed by atoms with Crippen LogP contribution in [0.5, 0.6) is 5.75 Å². The van der Waals surface area contributed by atoms with Crippen molar-refractivity contribution in [3.05, 3.63) is 77.1 Å². The molecule has 0 amide bonds. The van der Waals surface area contributed by atoms with E-state index in [4.69, 9.17) is 4.74 Å². The van der Waals surface area contributed by atoms with E-state index < -0.39 is 0 Å². The molecule has 1 fully saturated rings. The van der Waals surface area contributed by atoms with Crippen LogP contribution in [0.25, 0.3) is 10.8 Å². The molecule has 1 saturated heterocycles. The first kappa shape index (κ1) is 23.2. The number of hydrogen-bond donors (Lipinski definition) is 0. The fourth-order valence-electron chi connectivity index (χ4n) is 5.20. The highest BCUT2D eigenvalue weighted by Crippen LogP contribution is 2.38. The molecule has 3 aromatic carbocycles. The van der Waals surface area contributed by atoms with Gasteiger partial charge in [0, 0.05) is 24.1 Å². The molecule has 4 nitrogen and oxygen atoms in total. The Hall–Kier alpha value is -2.94. The smallest absolute Gasteiger partial charge is 0.141 e. The normalized spacial score (nSPS) is 16.1. The molecule has 0 saturated carbocycles. The second-order valence-electron chi connectivity index (χ2n) is 9.16. The summed E-state index contributed by atoms with van der Waals surface area (Å²) in [6.45, 7) is 6.64. The van der Waals surface area contributed by atoms with Crippen LogP contribution < -0.4 is 4.74 Å². The molecule has 1 heterocycles. The third-order valence-corrected chi connectivity index (χ3v) is 7.18. The van der Waals surface area contributed by atoms with Gasteiger partial charge in [-0.05, 0) is 74.1 Å². The summed E-state index contributed by atoms with van der Waals surface area (Å²) in [7, 11) is 3.80. The lowest BCUT2D eigenvalue weighted by molar-refractivity contribution is 0.128. The monoisotopic (exact) mass is 445 g/mol. The fraction of sp³-hybridized carbons (Fsp3) is 0.393. The number of benzene rings is 3. The molecule has 0 radical (unpaired) electrons. The van der Waals surface area contributed by atoms with Crippen molar-refractivity contribution in [2.45, 2.75) is 31.7 Å². The molecule has 0 N–H and O–H groups in total. The van der Waals surface area contributed by atoms with Crippen LogP contribution in [-0.4, -0.2) is 50.1 Å². The predicted molar refractivity (Wildman–Crippen MR) is 131 cm³/mol. The summed E-state index contributed by atoms with van der Waals surface area (Å²) in [5.41, 5.74) is 2.79. The van der Waals surface area contributed by atoms with E-state index in [2.05, 4.69) is 35.9 Å². The molecule has 0 atom stereocenters. The van der Waals surface area contributed by atoms with Crippen molar-refractivity contribution in [2.75, 3.05) is 40.3 Å². The molecule has 4 rings (SSSR count). The van der Waals surface area contributed by atoms with Gasteiger partial charge in [0.1, 0.15) is 17.6 Å². The molecule has 33 heavy (non-hydrogen) atoms. The lowest BCUT2D eigenvalue weighted by atomic mass is 9.72. The van der Waals surface area contributed by atoms with Crippen LogP contribution in [0.4, 0.5) is 4.39 Å². The first-order valence-corrected chi connectivity index (χ1v) is 11.7. The quantitative estimate of drug-likeness (QED) is 0.492. The summed E-state index contributed by atoms with van der Waals surface area (Å²) >= 11 is 0. The van der Waals surface area contributed by atoms with Crippen molar-refractivity contribution >= 4 is 10.8 Å². The van der Waals surface area contributed by atoms with Gasteiger partial charge in [0.05, 0.1) is 12.7 Å². The van der Waals surface area contributed by atoms with E-state index in [1.54, 1.807) is 19.2 Å². The number of nitriles is 1. The summed E-state index contributed by atoms with van der Waals surface area (Å²) in [4.78, 5) is 4.81. The Morgan fingerprint density at radius 2 is 1.82 bits per heavy atom. The van der Waals surface area contributed by atoms with E-state index in [0.29, 0.717) is 17.9 Å². The van der Waals surface area contributed by atoms with Crippen molar-refractivity contribution in [3.63, 3.8) is 0 Å². The molecule has 0 aromatic heterocycles. The Morgan fingerprint density at radius 3 is 2.45 bits per heavy atom. The van der Waals surface area contributed by atoms with Crippen LogP contribution in [-0.2, 0) is 12.0 Å². The third-order valence-electron chi connectivity index (χ3n) is 7.18. The maximum atomic E-state index is 13.7. The average Bonchev–Trinajstić information content (AvgIpc) is 2.85. The Bertz CT molecular complexity index is 1140. The maximum absolute atomic E-state index is 13.7. The number of hydrogen-bond acceptors (Lipinski definition) is 4. The molecular weight excluding hydrogens is 413 g/mol. The predicted octanol–water partition coefficient (Wildman–Crippen LogP) is 5.34. The lowest BCUT2D eigenvalue weighted by Gasteiger charge is -2.44. The van der Waals surface area contributed by atoms with Crippen LogP contribution >= 0.6 is 0 Å². The number of nitrogens with zero attached hydrogens (tertiary/aromatic N) is 3. The van der Waals surface area contributed by atoms with Crippen LogP contribution in [0, 0.1) is 17.1 Å². The summed E-state index contributed by atoms with van der Waals surface area (Å²) in [5.74, 6) is 0.465. The minimum absolute atomic E-state index is 0.0356.